The Hall–Kier alpha value is -1.70. The zero-order valence-electron chi connectivity index (χ0n) is 12.4. The van der Waals surface area contributed by atoms with E-state index in [1.165, 1.54) is 19.2 Å². The molecule has 122 valence electrons. The number of hydrogen-bond acceptors (Lipinski definition) is 5. The Bertz CT molecular complexity index is 511. The minimum Gasteiger partial charge on any atom is -0.494 e. The lowest BCUT2D eigenvalue weighted by Gasteiger charge is -2.32. The number of halogens is 1. The second-order valence-electron chi connectivity index (χ2n) is 4.93. The molecule has 1 aromatic rings. The van der Waals surface area contributed by atoms with Crippen LogP contribution in [0.25, 0.3) is 0 Å². The van der Waals surface area contributed by atoms with Gasteiger partial charge in [0.05, 0.1) is 33.0 Å². The molecule has 1 aliphatic heterocycles. The fraction of sp³-hybridized carbons (Fsp3) is 0.533. The van der Waals surface area contributed by atoms with E-state index in [1.807, 2.05) is 0 Å². The van der Waals surface area contributed by atoms with Crippen molar-refractivity contribution < 1.29 is 28.5 Å². The molecule has 1 saturated heterocycles. The van der Waals surface area contributed by atoms with Crippen LogP contribution in [0.2, 0.25) is 0 Å². The molecule has 22 heavy (non-hydrogen) atoms. The molecule has 0 saturated carbocycles. The Morgan fingerprint density at radius 3 is 3.05 bits per heavy atom. The van der Waals surface area contributed by atoms with Gasteiger partial charge in [-0.05, 0) is 24.6 Å². The molecule has 7 heteroatoms. The molecule has 0 aromatic heterocycles. The lowest BCUT2D eigenvalue weighted by Crippen LogP contribution is -2.50. The van der Waals surface area contributed by atoms with Gasteiger partial charge < -0.3 is 24.6 Å². The number of carbonyl (C=O) groups excluding carboxylic acids is 1. The fourth-order valence-electron chi connectivity index (χ4n) is 2.30. The zero-order chi connectivity index (χ0) is 15.9. The summed E-state index contributed by atoms with van der Waals surface area (Å²) in [6, 6.07) is 3.81. The van der Waals surface area contributed by atoms with Crippen molar-refractivity contribution in [2.75, 3.05) is 33.5 Å². The van der Waals surface area contributed by atoms with Crippen molar-refractivity contribution in [1.82, 2.24) is 5.32 Å². The lowest BCUT2D eigenvalue weighted by molar-refractivity contribution is -0.0737. The molecule has 0 aliphatic carbocycles. The number of benzene rings is 1. The van der Waals surface area contributed by atoms with Gasteiger partial charge in [-0.15, -0.1) is 0 Å². The molecule has 2 N–H and O–H groups in total. The van der Waals surface area contributed by atoms with Gasteiger partial charge in [0.2, 0.25) is 0 Å². The van der Waals surface area contributed by atoms with E-state index in [9.17, 15) is 9.18 Å². The van der Waals surface area contributed by atoms with Gasteiger partial charge in [-0.3, -0.25) is 4.79 Å². The molecule has 0 bridgehead atoms. The van der Waals surface area contributed by atoms with E-state index in [-0.39, 0.29) is 42.6 Å². The number of nitrogens with one attached hydrogen (secondary N) is 1. The first kappa shape index (κ1) is 16.7. The highest BCUT2D eigenvalue weighted by Gasteiger charge is 2.28. The largest absolute Gasteiger partial charge is 0.494 e. The maximum atomic E-state index is 13.7. The van der Waals surface area contributed by atoms with Crippen molar-refractivity contribution in [2.45, 2.75) is 18.6 Å². The van der Waals surface area contributed by atoms with Crippen molar-refractivity contribution >= 4 is 5.91 Å². The van der Waals surface area contributed by atoms with Crippen molar-refractivity contribution in [3.05, 3.63) is 29.6 Å². The molecule has 1 aromatic carbocycles. The third-order valence-corrected chi connectivity index (χ3v) is 3.46. The van der Waals surface area contributed by atoms with Crippen LogP contribution in [-0.4, -0.2) is 56.7 Å². The summed E-state index contributed by atoms with van der Waals surface area (Å²) >= 11 is 0. The topological polar surface area (TPSA) is 77.0 Å². The average molecular weight is 313 g/mol. The number of carbonyl (C=O) groups is 1. The molecule has 2 atom stereocenters. The summed E-state index contributed by atoms with van der Waals surface area (Å²) in [5.41, 5.74) is 0.214. The normalized spacial score (nSPS) is 21.4. The van der Waals surface area contributed by atoms with Crippen molar-refractivity contribution in [3.8, 4) is 5.75 Å². The number of rotatable bonds is 6. The van der Waals surface area contributed by atoms with E-state index < -0.39 is 5.82 Å². The summed E-state index contributed by atoms with van der Waals surface area (Å²) in [5, 5.41) is 11.6. The predicted molar refractivity (Wildman–Crippen MR) is 76.5 cm³/mol. The van der Waals surface area contributed by atoms with Crippen LogP contribution in [0.4, 0.5) is 4.39 Å². The molecule has 6 nitrogen and oxygen atoms in total. The highest BCUT2D eigenvalue weighted by atomic mass is 19.1. The van der Waals surface area contributed by atoms with Crippen LogP contribution in [-0.2, 0) is 9.47 Å². The van der Waals surface area contributed by atoms with E-state index in [0.717, 1.165) is 6.07 Å². The highest BCUT2D eigenvalue weighted by Crippen LogP contribution is 2.18. The monoisotopic (exact) mass is 313 g/mol. The highest BCUT2D eigenvalue weighted by molar-refractivity contribution is 5.94. The second-order valence-corrected chi connectivity index (χ2v) is 4.93. The fourth-order valence-corrected chi connectivity index (χ4v) is 2.30. The molecule has 2 rings (SSSR count). The molecule has 0 unspecified atom stereocenters. The summed E-state index contributed by atoms with van der Waals surface area (Å²) < 4.78 is 29.2. The van der Waals surface area contributed by atoms with Crippen molar-refractivity contribution in [2.24, 2.45) is 0 Å². The van der Waals surface area contributed by atoms with Crippen molar-refractivity contribution in [1.29, 1.82) is 0 Å². The van der Waals surface area contributed by atoms with Crippen LogP contribution in [0.1, 0.15) is 16.8 Å². The van der Waals surface area contributed by atoms with Gasteiger partial charge in [0, 0.05) is 12.2 Å². The molecule has 1 heterocycles. The first-order valence-electron chi connectivity index (χ1n) is 7.10. The van der Waals surface area contributed by atoms with E-state index in [1.54, 1.807) is 0 Å². The number of amides is 1. The van der Waals surface area contributed by atoms with Crippen LogP contribution in [0.3, 0.4) is 0 Å². The number of aliphatic hydroxyl groups is 1. The number of ether oxygens (including phenoxy) is 3. The molecular weight excluding hydrogens is 293 g/mol. The Morgan fingerprint density at radius 1 is 1.55 bits per heavy atom. The van der Waals surface area contributed by atoms with E-state index in [2.05, 4.69) is 5.32 Å². The quantitative estimate of drug-likeness (QED) is 0.810. The summed E-state index contributed by atoms with van der Waals surface area (Å²) in [7, 11) is 1.36. The predicted octanol–water partition coefficient (Wildman–Crippen LogP) is 0.730. The van der Waals surface area contributed by atoms with Gasteiger partial charge in [0.1, 0.15) is 6.10 Å². The molecular formula is C15H20FNO5. The van der Waals surface area contributed by atoms with Gasteiger partial charge in [-0.25, -0.2) is 4.39 Å². The molecule has 0 spiro atoms. The first-order chi connectivity index (χ1) is 10.7. The zero-order valence-corrected chi connectivity index (χ0v) is 12.4. The van der Waals surface area contributed by atoms with Gasteiger partial charge >= 0.3 is 0 Å². The second kappa shape index (κ2) is 8.07. The molecule has 1 amide bonds. The summed E-state index contributed by atoms with van der Waals surface area (Å²) in [5.74, 6) is -0.881. The van der Waals surface area contributed by atoms with Crippen LogP contribution < -0.4 is 10.1 Å². The minimum absolute atomic E-state index is 0.0896. The first-order valence-corrected chi connectivity index (χ1v) is 7.10. The van der Waals surface area contributed by atoms with Crippen LogP contribution in [0, 0.1) is 5.82 Å². The standard InChI is InChI=1S/C15H20FNO5/c1-20-13-3-2-10(8-11(13)16)15(19)17-12-4-6-21-9-14(12)22-7-5-18/h2-3,8,12,14,18H,4-7,9H2,1H3,(H,17,19)/t12-,14-/m1/s1. The third kappa shape index (κ3) is 4.16. The van der Waals surface area contributed by atoms with Crippen molar-refractivity contribution in [3.63, 3.8) is 0 Å². The SMILES string of the molecule is COc1ccc(C(=O)N[C@@H]2CCOC[C@H]2OCCO)cc1F. The summed E-state index contributed by atoms with van der Waals surface area (Å²) in [6.45, 7) is 0.946. The Kier molecular flexibility index (Phi) is 6.11. The van der Waals surface area contributed by atoms with Gasteiger partial charge in [-0.2, -0.15) is 0 Å². The van der Waals surface area contributed by atoms with E-state index in [0.29, 0.717) is 19.6 Å². The number of methoxy groups -OCH3 is 1. The lowest BCUT2D eigenvalue weighted by atomic mass is 10.1. The average Bonchev–Trinajstić information content (AvgIpc) is 2.54. The minimum atomic E-state index is -0.588. The third-order valence-electron chi connectivity index (χ3n) is 3.46. The molecule has 0 radical (unpaired) electrons. The maximum absolute atomic E-state index is 13.7. The smallest absolute Gasteiger partial charge is 0.251 e. The van der Waals surface area contributed by atoms with Gasteiger partial charge in [-0.1, -0.05) is 0 Å². The van der Waals surface area contributed by atoms with Crippen LogP contribution in [0.5, 0.6) is 5.75 Å². The Morgan fingerprint density at radius 2 is 2.36 bits per heavy atom. The van der Waals surface area contributed by atoms with Crippen LogP contribution >= 0.6 is 0 Å². The summed E-state index contributed by atoms with van der Waals surface area (Å²) in [4.78, 5) is 12.2. The van der Waals surface area contributed by atoms with E-state index >= 15 is 0 Å². The number of aliphatic hydroxyl groups excluding tert-OH is 1. The van der Waals surface area contributed by atoms with Gasteiger partial charge in [0.15, 0.2) is 11.6 Å². The molecule has 1 fully saturated rings. The van der Waals surface area contributed by atoms with Crippen LogP contribution in [0.15, 0.2) is 18.2 Å². The number of hydrogen-bond donors (Lipinski definition) is 2. The summed E-state index contributed by atoms with van der Waals surface area (Å²) in [6.07, 6.45) is 0.272. The maximum Gasteiger partial charge on any atom is 0.251 e. The Balaban J connectivity index is 2.01. The Labute approximate surface area is 128 Å². The molecule has 1 aliphatic rings. The van der Waals surface area contributed by atoms with Gasteiger partial charge in [0.25, 0.3) is 5.91 Å². The van der Waals surface area contributed by atoms with E-state index in [4.69, 9.17) is 19.3 Å².